The first-order valence-corrected chi connectivity index (χ1v) is 7.94. The molecule has 1 saturated heterocycles. The number of phenolic OH excluding ortho intramolecular Hbond substituents is 1. The van der Waals surface area contributed by atoms with Gasteiger partial charge in [0, 0.05) is 31.2 Å². The van der Waals surface area contributed by atoms with Crippen LogP contribution in [0.3, 0.4) is 0 Å². The van der Waals surface area contributed by atoms with Gasteiger partial charge in [0.25, 0.3) is 0 Å². The van der Waals surface area contributed by atoms with Crippen LogP contribution < -0.4 is 5.32 Å². The summed E-state index contributed by atoms with van der Waals surface area (Å²) in [6.45, 7) is 7.12. The molecule has 1 heterocycles. The molecule has 1 aliphatic rings. The summed E-state index contributed by atoms with van der Waals surface area (Å²) in [4.78, 5) is 13.8. The van der Waals surface area contributed by atoms with Crippen molar-refractivity contribution in [1.82, 2.24) is 10.2 Å². The van der Waals surface area contributed by atoms with Gasteiger partial charge in [0.2, 0.25) is 0 Å². The Hall–Kier alpha value is -1.82. The molecular weight excluding hydrogens is 299 g/mol. The standard InChI is InChI=1S/C17H25FN2O3/c1-17(2,3)23-16(22)20-9-5-7-13(11-20)19-10-12-6-4-8-14(18)15(12)21/h4,6,8,13,19,21H,5,7,9-11H2,1-3H3. The van der Waals surface area contributed by atoms with Crippen molar-refractivity contribution in [2.75, 3.05) is 13.1 Å². The van der Waals surface area contributed by atoms with E-state index in [0.29, 0.717) is 25.2 Å². The topological polar surface area (TPSA) is 61.8 Å². The molecule has 1 atom stereocenters. The van der Waals surface area contributed by atoms with Gasteiger partial charge in [0.05, 0.1) is 0 Å². The average Bonchev–Trinajstić information content (AvgIpc) is 2.47. The second-order valence-electron chi connectivity index (χ2n) is 6.89. The number of benzene rings is 1. The molecule has 2 N–H and O–H groups in total. The van der Waals surface area contributed by atoms with E-state index in [1.807, 2.05) is 20.8 Å². The van der Waals surface area contributed by atoms with Crippen molar-refractivity contribution in [1.29, 1.82) is 0 Å². The monoisotopic (exact) mass is 324 g/mol. The van der Waals surface area contributed by atoms with Crippen LogP contribution in [0.4, 0.5) is 9.18 Å². The summed E-state index contributed by atoms with van der Waals surface area (Å²) in [6.07, 6.45) is 1.50. The molecule has 0 bridgehead atoms. The SMILES string of the molecule is CC(C)(C)OC(=O)N1CCCC(NCc2cccc(F)c2O)C1. The van der Waals surface area contributed by atoms with Crippen molar-refractivity contribution in [3.8, 4) is 5.75 Å². The third kappa shape index (κ3) is 5.10. The van der Waals surface area contributed by atoms with Crippen LogP contribution in [0.25, 0.3) is 0 Å². The molecule has 1 amide bonds. The molecule has 1 unspecified atom stereocenters. The molecule has 1 fully saturated rings. The van der Waals surface area contributed by atoms with Gasteiger partial charge in [-0.15, -0.1) is 0 Å². The van der Waals surface area contributed by atoms with Crippen LogP contribution in [0.5, 0.6) is 5.75 Å². The normalized spacial score (nSPS) is 18.8. The number of nitrogens with one attached hydrogen (secondary N) is 1. The van der Waals surface area contributed by atoms with E-state index >= 15 is 0 Å². The van der Waals surface area contributed by atoms with Gasteiger partial charge < -0.3 is 20.1 Å². The lowest BCUT2D eigenvalue weighted by molar-refractivity contribution is 0.0187. The van der Waals surface area contributed by atoms with Crippen LogP contribution in [-0.4, -0.2) is 40.8 Å². The number of aromatic hydroxyl groups is 1. The zero-order valence-electron chi connectivity index (χ0n) is 13.9. The molecule has 1 aliphatic heterocycles. The van der Waals surface area contributed by atoms with E-state index < -0.39 is 11.4 Å². The highest BCUT2D eigenvalue weighted by atomic mass is 19.1. The Bertz CT molecular complexity index is 557. The fourth-order valence-electron chi connectivity index (χ4n) is 2.59. The molecular formula is C17H25FN2O3. The zero-order chi connectivity index (χ0) is 17.0. The highest BCUT2D eigenvalue weighted by Gasteiger charge is 2.27. The Morgan fingerprint density at radius 3 is 2.91 bits per heavy atom. The van der Waals surface area contributed by atoms with E-state index in [1.54, 1.807) is 17.0 Å². The quantitative estimate of drug-likeness (QED) is 0.897. The van der Waals surface area contributed by atoms with Crippen LogP contribution in [0, 0.1) is 5.82 Å². The van der Waals surface area contributed by atoms with E-state index in [1.165, 1.54) is 6.07 Å². The summed E-state index contributed by atoms with van der Waals surface area (Å²) in [6, 6.07) is 4.57. The number of amides is 1. The number of nitrogens with zero attached hydrogens (tertiary/aromatic N) is 1. The molecule has 1 aromatic rings. The van der Waals surface area contributed by atoms with E-state index in [0.717, 1.165) is 12.8 Å². The Balaban J connectivity index is 1.89. The fourth-order valence-corrected chi connectivity index (χ4v) is 2.59. The molecule has 0 radical (unpaired) electrons. The summed E-state index contributed by atoms with van der Waals surface area (Å²) in [7, 11) is 0. The predicted molar refractivity (Wildman–Crippen MR) is 85.7 cm³/mol. The lowest BCUT2D eigenvalue weighted by Gasteiger charge is -2.34. The van der Waals surface area contributed by atoms with Crippen LogP contribution in [0.1, 0.15) is 39.2 Å². The highest BCUT2D eigenvalue weighted by Crippen LogP contribution is 2.21. The number of likely N-dealkylation sites (tertiary alicyclic amines) is 1. The zero-order valence-corrected chi connectivity index (χ0v) is 13.9. The molecule has 0 spiro atoms. The minimum atomic E-state index is -0.622. The van der Waals surface area contributed by atoms with Crippen LogP contribution in [0.2, 0.25) is 0 Å². The summed E-state index contributed by atoms with van der Waals surface area (Å²) >= 11 is 0. The number of rotatable bonds is 3. The van der Waals surface area contributed by atoms with Crippen LogP contribution in [-0.2, 0) is 11.3 Å². The lowest BCUT2D eigenvalue weighted by atomic mass is 10.1. The van der Waals surface area contributed by atoms with Crippen molar-refractivity contribution in [2.45, 2.75) is 51.8 Å². The highest BCUT2D eigenvalue weighted by molar-refractivity contribution is 5.68. The average molecular weight is 324 g/mol. The number of phenols is 1. The molecule has 0 aromatic heterocycles. The largest absolute Gasteiger partial charge is 0.505 e. The van der Waals surface area contributed by atoms with Crippen molar-refractivity contribution in [3.05, 3.63) is 29.6 Å². The third-order valence-electron chi connectivity index (χ3n) is 3.72. The molecule has 0 saturated carbocycles. The fraction of sp³-hybridized carbons (Fsp3) is 0.588. The van der Waals surface area contributed by atoms with E-state index in [4.69, 9.17) is 4.74 Å². The summed E-state index contributed by atoms with van der Waals surface area (Å²) in [5, 5.41) is 13.0. The summed E-state index contributed by atoms with van der Waals surface area (Å²) in [5.41, 5.74) is 0.00421. The van der Waals surface area contributed by atoms with Gasteiger partial charge in [-0.1, -0.05) is 12.1 Å². The Kier molecular flexibility index (Phi) is 5.46. The molecule has 6 heteroatoms. The smallest absolute Gasteiger partial charge is 0.410 e. The van der Waals surface area contributed by atoms with Crippen molar-refractivity contribution in [2.24, 2.45) is 0 Å². The minimum absolute atomic E-state index is 0.0962. The lowest BCUT2D eigenvalue weighted by Crippen LogP contribution is -2.49. The van der Waals surface area contributed by atoms with Gasteiger partial charge in [-0.05, 0) is 39.7 Å². The maximum atomic E-state index is 13.3. The molecule has 128 valence electrons. The maximum Gasteiger partial charge on any atom is 0.410 e. The van der Waals surface area contributed by atoms with Crippen molar-refractivity contribution < 1.29 is 19.0 Å². The first kappa shape index (κ1) is 17.5. The van der Waals surface area contributed by atoms with Crippen LogP contribution >= 0.6 is 0 Å². The van der Waals surface area contributed by atoms with Crippen molar-refractivity contribution >= 4 is 6.09 Å². The van der Waals surface area contributed by atoms with Gasteiger partial charge in [-0.3, -0.25) is 0 Å². The third-order valence-corrected chi connectivity index (χ3v) is 3.72. The summed E-state index contributed by atoms with van der Waals surface area (Å²) < 4.78 is 18.7. The number of piperidine rings is 1. The number of para-hydroxylation sites is 1. The number of hydrogen-bond acceptors (Lipinski definition) is 4. The Morgan fingerprint density at radius 2 is 2.22 bits per heavy atom. The Morgan fingerprint density at radius 1 is 1.48 bits per heavy atom. The first-order valence-electron chi connectivity index (χ1n) is 7.94. The van der Waals surface area contributed by atoms with E-state index in [-0.39, 0.29) is 17.9 Å². The molecule has 1 aromatic carbocycles. The van der Waals surface area contributed by atoms with Gasteiger partial charge in [-0.2, -0.15) is 0 Å². The molecule has 2 rings (SSSR count). The second-order valence-corrected chi connectivity index (χ2v) is 6.89. The summed E-state index contributed by atoms with van der Waals surface area (Å²) in [5.74, 6) is -0.942. The second kappa shape index (κ2) is 7.17. The molecule has 23 heavy (non-hydrogen) atoms. The number of halogens is 1. The van der Waals surface area contributed by atoms with Crippen LogP contribution in [0.15, 0.2) is 18.2 Å². The van der Waals surface area contributed by atoms with Gasteiger partial charge in [0.1, 0.15) is 5.60 Å². The first-order chi connectivity index (χ1) is 10.8. The van der Waals surface area contributed by atoms with E-state index in [9.17, 15) is 14.3 Å². The van der Waals surface area contributed by atoms with Gasteiger partial charge in [-0.25, -0.2) is 9.18 Å². The number of carbonyl (C=O) groups excluding carboxylic acids is 1. The number of ether oxygens (including phenoxy) is 1. The van der Waals surface area contributed by atoms with Gasteiger partial charge in [0.15, 0.2) is 11.6 Å². The molecule has 0 aliphatic carbocycles. The van der Waals surface area contributed by atoms with E-state index in [2.05, 4.69) is 5.32 Å². The molecule has 5 nitrogen and oxygen atoms in total. The maximum absolute atomic E-state index is 13.3. The predicted octanol–water partition coefficient (Wildman–Crippen LogP) is 3.02. The minimum Gasteiger partial charge on any atom is -0.505 e. The Labute approximate surface area is 136 Å². The number of hydrogen-bond donors (Lipinski definition) is 2. The number of carbonyl (C=O) groups is 1. The van der Waals surface area contributed by atoms with Gasteiger partial charge >= 0.3 is 6.09 Å². The van der Waals surface area contributed by atoms with Crippen molar-refractivity contribution in [3.63, 3.8) is 0 Å².